The molecule has 2 aromatic rings. The Kier molecular flexibility index (Phi) is 4.76. The van der Waals surface area contributed by atoms with E-state index in [9.17, 15) is 0 Å². The van der Waals surface area contributed by atoms with Crippen molar-refractivity contribution in [1.82, 2.24) is 15.1 Å². The van der Waals surface area contributed by atoms with Crippen molar-refractivity contribution in [2.45, 2.75) is 27.0 Å². The lowest BCUT2D eigenvalue weighted by Gasteiger charge is -2.09. The van der Waals surface area contributed by atoms with E-state index >= 15 is 0 Å². The summed E-state index contributed by atoms with van der Waals surface area (Å²) in [5, 5.41) is 16.7. The normalized spacial score (nSPS) is 10.8. The summed E-state index contributed by atoms with van der Waals surface area (Å²) in [4.78, 5) is 0. The van der Waals surface area contributed by atoms with E-state index in [1.54, 1.807) is 4.68 Å². The molecular formula is C15H21N3O2. The molecule has 0 atom stereocenters. The molecule has 0 aliphatic carbocycles. The summed E-state index contributed by atoms with van der Waals surface area (Å²) in [6, 6.07) is 7.40. The number of aryl methyl sites for hydroxylation is 2. The molecule has 0 aliphatic rings. The lowest BCUT2D eigenvalue weighted by molar-refractivity contribution is 0.281. The molecule has 0 unspecified atom stereocenters. The topological polar surface area (TPSA) is 59.3 Å². The quantitative estimate of drug-likeness (QED) is 0.848. The van der Waals surface area contributed by atoms with Gasteiger partial charge >= 0.3 is 0 Å². The van der Waals surface area contributed by atoms with Gasteiger partial charge < -0.3 is 15.2 Å². The first kappa shape index (κ1) is 14.6. The molecule has 1 aromatic heterocycles. The first-order valence-corrected chi connectivity index (χ1v) is 6.76. The van der Waals surface area contributed by atoms with Crippen LogP contribution in [0, 0.1) is 6.92 Å². The van der Waals surface area contributed by atoms with Crippen molar-refractivity contribution in [3.05, 3.63) is 41.1 Å². The van der Waals surface area contributed by atoms with E-state index in [1.807, 2.05) is 38.2 Å². The van der Waals surface area contributed by atoms with E-state index in [2.05, 4.69) is 17.3 Å². The SMILES string of the molecule is CCNCc1c(C)nn(C)c1Oc1ccc(CO)cc1. The Morgan fingerprint density at radius 2 is 2.00 bits per heavy atom. The summed E-state index contributed by atoms with van der Waals surface area (Å²) in [6.07, 6.45) is 0. The van der Waals surface area contributed by atoms with Crippen molar-refractivity contribution >= 4 is 0 Å². The number of aliphatic hydroxyl groups is 1. The third-order valence-electron chi connectivity index (χ3n) is 3.16. The van der Waals surface area contributed by atoms with Crippen molar-refractivity contribution in [3.63, 3.8) is 0 Å². The zero-order valence-electron chi connectivity index (χ0n) is 12.2. The maximum atomic E-state index is 9.04. The van der Waals surface area contributed by atoms with Gasteiger partial charge in [-0.3, -0.25) is 0 Å². The van der Waals surface area contributed by atoms with Crippen LogP contribution in [0.25, 0.3) is 0 Å². The number of ether oxygens (including phenoxy) is 1. The highest BCUT2D eigenvalue weighted by Crippen LogP contribution is 2.27. The molecule has 108 valence electrons. The molecule has 20 heavy (non-hydrogen) atoms. The van der Waals surface area contributed by atoms with E-state index in [1.165, 1.54) is 0 Å². The minimum absolute atomic E-state index is 0.0385. The maximum Gasteiger partial charge on any atom is 0.222 e. The molecule has 0 amide bonds. The molecular weight excluding hydrogens is 254 g/mol. The molecule has 5 nitrogen and oxygen atoms in total. The van der Waals surface area contributed by atoms with Crippen molar-refractivity contribution < 1.29 is 9.84 Å². The fourth-order valence-electron chi connectivity index (χ4n) is 2.04. The second-order valence-corrected chi connectivity index (χ2v) is 4.68. The predicted molar refractivity (Wildman–Crippen MR) is 77.8 cm³/mol. The van der Waals surface area contributed by atoms with Crippen molar-refractivity contribution in [3.8, 4) is 11.6 Å². The van der Waals surface area contributed by atoms with Gasteiger partial charge in [0.2, 0.25) is 5.88 Å². The zero-order chi connectivity index (χ0) is 14.5. The highest BCUT2D eigenvalue weighted by atomic mass is 16.5. The van der Waals surface area contributed by atoms with Crippen molar-refractivity contribution in [2.24, 2.45) is 7.05 Å². The number of benzene rings is 1. The first-order valence-electron chi connectivity index (χ1n) is 6.76. The zero-order valence-corrected chi connectivity index (χ0v) is 12.2. The van der Waals surface area contributed by atoms with Crippen LogP contribution < -0.4 is 10.1 Å². The fraction of sp³-hybridized carbons (Fsp3) is 0.400. The van der Waals surface area contributed by atoms with E-state index in [-0.39, 0.29) is 6.61 Å². The second-order valence-electron chi connectivity index (χ2n) is 4.68. The van der Waals surface area contributed by atoms with Crippen LogP contribution in [0.4, 0.5) is 0 Å². The minimum Gasteiger partial charge on any atom is -0.439 e. The average molecular weight is 275 g/mol. The Bertz CT molecular complexity index is 561. The summed E-state index contributed by atoms with van der Waals surface area (Å²) in [6.45, 7) is 5.73. The Morgan fingerprint density at radius 1 is 1.30 bits per heavy atom. The Morgan fingerprint density at radius 3 is 2.60 bits per heavy atom. The van der Waals surface area contributed by atoms with E-state index in [4.69, 9.17) is 9.84 Å². The first-order chi connectivity index (χ1) is 9.65. The van der Waals surface area contributed by atoms with Crippen LogP contribution in [0.5, 0.6) is 11.6 Å². The molecule has 0 fully saturated rings. The van der Waals surface area contributed by atoms with Crippen LogP contribution in [0.2, 0.25) is 0 Å². The molecule has 0 aliphatic heterocycles. The third kappa shape index (κ3) is 3.18. The lowest BCUT2D eigenvalue weighted by atomic mass is 10.2. The van der Waals surface area contributed by atoms with E-state index < -0.39 is 0 Å². The smallest absolute Gasteiger partial charge is 0.222 e. The van der Waals surface area contributed by atoms with Gasteiger partial charge in [0.1, 0.15) is 5.75 Å². The molecule has 2 rings (SSSR count). The fourth-order valence-corrected chi connectivity index (χ4v) is 2.04. The summed E-state index contributed by atoms with van der Waals surface area (Å²) in [7, 11) is 1.87. The van der Waals surface area contributed by atoms with Crippen molar-refractivity contribution in [2.75, 3.05) is 6.54 Å². The van der Waals surface area contributed by atoms with Crippen LogP contribution >= 0.6 is 0 Å². The molecule has 0 saturated heterocycles. The standard InChI is InChI=1S/C15H21N3O2/c1-4-16-9-14-11(2)17-18(3)15(14)20-13-7-5-12(10-19)6-8-13/h5-8,16,19H,4,9-10H2,1-3H3. The molecule has 0 bridgehead atoms. The summed E-state index contributed by atoms with van der Waals surface area (Å²) in [5.74, 6) is 1.49. The van der Waals surface area contributed by atoms with Crippen LogP contribution in [-0.4, -0.2) is 21.4 Å². The number of nitrogens with one attached hydrogen (secondary N) is 1. The number of rotatable bonds is 6. The van der Waals surface area contributed by atoms with Crippen LogP contribution in [0.1, 0.15) is 23.7 Å². The largest absolute Gasteiger partial charge is 0.439 e. The van der Waals surface area contributed by atoms with Crippen molar-refractivity contribution in [1.29, 1.82) is 0 Å². The molecule has 0 saturated carbocycles. The number of hydrogen-bond donors (Lipinski definition) is 2. The molecule has 0 radical (unpaired) electrons. The van der Waals surface area contributed by atoms with Crippen LogP contribution in [0.3, 0.4) is 0 Å². The van der Waals surface area contributed by atoms with E-state index in [0.29, 0.717) is 0 Å². The highest BCUT2D eigenvalue weighted by molar-refractivity contribution is 5.36. The van der Waals surface area contributed by atoms with Gasteiger partial charge in [-0.2, -0.15) is 5.10 Å². The van der Waals surface area contributed by atoms with Gasteiger partial charge in [0.15, 0.2) is 0 Å². The van der Waals surface area contributed by atoms with Gasteiger partial charge in [-0.15, -0.1) is 0 Å². The van der Waals surface area contributed by atoms with Gasteiger partial charge in [-0.25, -0.2) is 4.68 Å². The molecule has 5 heteroatoms. The number of aromatic nitrogens is 2. The highest BCUT2D eigenvalue weighted by Gasteiger charge is 2.14. The van der Waals surface area contributed by atoms with E-state index in [0.717, 1.165) is 41.5 Å². The average Bonchev–Trinajstić information content (AvgIpc) is 2.72. The summed E-state index contributed by atoms with van der Waals surface area (Å²) >= 11 is 0. The maximum absolute atomic E-state index is 9.04. The van der Waals surface area contributed by atoms with Crippen LogP contribution in [0.15, 0.2) is 24.3 Å². The van der Waals surface area contributed by atoms with Gasteiger partial charge in [0, 0.05) is 13.6 Å². The minimum atomic E-state index is 0.0385. The Hall–Kier alpha value is -1.85. The molecule has 2 N–H and O–H groups in total. The van der Waals surface area contributed by atoms with Gasteiger partial charge in [-0.1, -0.05) is 19.1 Å². The second kappa shape index (κ2) is 6.54. The predicted octanol–water partition coefficient (Wildman–Crippen LogP) is 2.12. The molecule has 0 spiro atoms. The lowest BCUT2D eigenvalue weighted by Crippen LogP contribution is -2.12. The Balaban J connectivity index is 2.22. The monoisotopic (exact) mass is 275 g/mol. The number of aliphatic hydroxyl groups excluding tert-OH is 1. The Labute approximate surface area is 119 Å². The van der Waals surface area contributed by atoms with Gasteiger partial charge in [0.25, 0.3) is 0 Å². The van der Waals surface area contributed by atoms with Crippen LogP contribution in [-0.2, 0) is 20.2 Å². The number of nitrogens with zero attached hydrogens (tertiary/aromatic N) is 2. The summed E-state index contributed by atoms with van der Waals surface area (Å²) < 4.78 is 7.69. The third-order valence-corrected chi connectivity index (χ3v) is 3.16. The number of hydrogen-bond acceptors (Lipinski definition) is 4. The molecule has 1 aromatic carbocycles. The summed E-state index contributed by atoms with van der Waals surface area (Å²) in [5.41, 5.74) is 2.91. The molecule has 1 heterocycles. The van der Waals surface area contributed by atoms with Gasteiger partial charge in [0.05, 0.1) is 17.9 Å². The van der Waals surface area contributed by atoms with Gasteiger partial charge in [-0.05, 0) is 31.2 Å².